The van der Waals surface area contributed by atoms with Gasteiger partial charge in [0.1, 0.15) is 22.3 Å². The van der Waals surface area contributed by atoms with E-state index in [1.54, 1.807) is 36.6 Å². The van der Waals surface area contributed by atoms with Crippen molar-refractivity contribution in [2.75, 3.05) is 0 Å². The second-order valence-electron chi connectivity index (χ2n) is 5.68. The van der Waals surface area contributed by atoms with Gasteiger partial charge >= 0.3 is 0 Å². The maximum atomic E-state index is 12.3. The van der Waals surface area contributed by atoms with Crippen molar-refractivity contribution < 1.29 is 13.6 Å². The molecule has 1 amide bonds. The molecule has 27 heavy (non-hydrogen) atoms. The minimum absolute atomic E-state index is 0.140. The van der Waals surface area contributed by atoms with Crippen molar-refractivity contribution in [2.24, 2.45) is 0 Å². The van der Waals surface area contributed by atoms with Gasteiger partial charge in [-0.05, 0) is 60.3 Å². The molecule has 0 spiro atoms. The number of thiocarbonyl (C=S) groups is 1. The van der Waals surface area contributed by atoms with E-state index in [4.69, 9.17) is 44.3 Å². The average Bonchev–Trinajstić information content (AvgIpc) is 3.37. The lowest BCUT2D eigenvalue weighted by atomic mass is 10.2. The largest absolute Gasteiger partial charge is 0.467 e. The number of carbonyl (C=O) groups excluding carboxylic acids is 1. The van der Waals surface area contributed by atoms with Crippen molar-refractivity contribution in [3.63, 3.8) is 0 Å². The minimum atomic E-state index is -0.140. The molecule has 3 aromatic rings. The topological polar surface area (TPSA) is 46.6 Å². The molecule has 0 aliphatic carbocycles. The fraction of sp³-hybridized carbons (Fsp3) is 0.0526. The van der Waals surface area contributed by atoms with Crippen LogP contribution in [0.1, 0.15) is 11.5 Å². The first-order valence-electron chi connectivity index (χ1n) is 7.84. The fourth-order valence-electron chi connectivity index (χ4n) is 2.56. The number of hydrogen-bond donors (Lipinski definition) is 0. The van der Waals surface area contributed by atoms with Crippen molar-refractivity contribution >= 4 is 63.5 Å². The zero-order valence-corrected chi connectivity index (χ0v) is 16.8. The molecule has 0 radical (unpaired) electrons. The van der Waals surface area contributed by atoms with Crippen LogP contribution in [0.4, 0.5) is 4.79 Å². The quantitative estimate of drug-likeness (QED) is 0.329. The molecular weight excluding hydrogens is 425 g/mol. The summed E-state index contributed by atoms with van der Waals surface area (Å²) in [5.41, 5.74) is 0.811. The van der Waals surface area contributed by atoms with Crippen LogP contribution in [0.3, 0.4) is 0 Å². The maximum Gasteiger partial charge on any atom is 0.292 e. The highest BCUT2D eigenvalue weighted by Crippen LogP contribution is 2.36. The standard InChI is InChI=1S/C19H11Cl2NO3S2/c20-14-5-3-11(8-15(14)21)16-6-4-12(25-16)9-17-18(26)22(19(23)27-17)10-13-2-1-7-24-13/h1-9H,10H2/b17-9+. The minimum Gasteiger partial charge on any atom is -0.467 e. The van der Waals surface area contributed by atoms with Crippen LogP contribution in [-0.2, 0) is 6.54 Å². The first kappa shape index (κ1) is 18.4. The Bertz CT molecular complexity index is 1060. The number of carbonyl (C=O) groups is 1. The van der Waals surface area contributed by atoms with E-state index in [1.807, 2.05) is 18.2 Å². The van der Waals surface area contributed by atoms with Crippen LogP contribution in [0.2, 0.25) is 10.0 Å². The van der Waals surface area contributed by atoms with Gasteiger partial charge in [-0.1, -0.05) is 35.4 Å². The number of rotatable bonds is 4. The van der Waals surface area contributed by atoms with Crippen LogP contribution in [0.15, 0.2) is 62.5 Å². The van der Waals surface area contributed by atoms with E-state index in [1.165, 1.54) is 4.90 Å². The highest BCUT2D eigenvalue weighted by atomic mass is 35.5. The smallest absolute Gasteiger partial charge is 0.292 e. The molecule has 1 saturated heterocycles. The van der Waals surface area contributed by atoms with Gasteiger partial charge in [-0.2, -0.15) is 0 Å². The molecule has 1 aromatic carbocycles. The predicted octanol–water partition coefficient (Wildman–Crippen LogP) is 6.88. The number of hydrogen-bond acceptors (Lipinski definition) is 5. The first-order valence-corrected chi connectivity index (χ1v) is 9.82. The molecule has 0 unspecified atom stereocenters. The molecule has 4 nitrogen and oxygen atoms in total. The van der Waals surface area contributed by atoms with Crippen LogP contribution in [0.25, 0.3) is 17.4 Å². The molecule has 0 N–H and O–H groups in total. The van der Waals surface area contributed by atoms with Crippen LogP contribution in [0, 0.1) is 0 Å². The molecular formula is C19H11Cl2NO3S2. The second kappa shape index (κ2) is 7.56. The average molecular weight is 436 g/mol. The zero-order valence-electron chi connectivity index (χ0n) is 13.6. The molecule has 8 heteroatoms. The normalized spacial score (nSPS) is 15.9. The van der Waals surface area contributed by atoms with Gasteiger partial charge in [0.05, 0.1) is 27.8 Å². The number of furan rings is 2. The Labute approximate surface area is 174 Å². The Balaban J connectivity index is 1.55. The Hall–Kier alpha value is -1.99. The van der Waals surface area contributed by atoms with E-state index < -0.39 is 0 Å². The van der Waals surface area contributed by atoms with E-state index >= 15 is 0 Å². The molecule has 1 aliphatic heterocycles. The Morgan fingerprint density at radius 2 is 2.00 bits per heavy atom. The number of nitrogens with zero attached hydrogens (tertiary/aromatic N) is 1. The number of halogens is 2. The van der Waals surface area contributed by atoms with Crippen molar-refractivity contribution in [3.05, 3.63) is 75.2 Å². The summed E-state index contributed by atoms with van der Waals surface area (Å²) in [5.74, 6) is 1.91. The van der Waals surface area contributed by atoms with Gasteiger partial charge in [-0.15, -0.1) is 0 Å². The third kappa shape index (κ3) is 3.84. The third-order valence-electron chi connectivity index (χ3n) is 3.87. The summed E-state index contributed by atoms with van der Waals surface area (Å²) in [6, 6.07) is 12.5. The number of thioether (sulfide) groups is 1. The van der Waals surface area contributed by atoms with E-state index in [9.17, 15) is 4.79 Å². The second-order valence-corrected chi connectivity index (χ2v) is 7.87. The molecule has 0 atom stereocenters. The summed E-state index contributed by atoms with van der Waals surface area (Å²) in [6.07, 6.45) is 3.32. The summed E-state index contributed by atoms with van der Waals surface area (Å²) in [5, 5.41) is 0.799. The molecule has 2 aromatic heterocycles. The SMILES string of the molecule is O=C1S/C(=C/c2ccc(-c3ccc(Cl)c(Cl)c3)o2)C(=S)N1Cc1ccco1. The van der Waals surface area contributed by atoms with Crippen molar-refractivity contribution in [1.82, 2.24) is 4.90 Å². The van der Waals surface area contributed by atoms with E-state index in [0.29, 0.717) is 43.8 Å². The van der Waals surface area contributed by atoms with Gasteiger partial charge in [0.15, 0.2) is 0 Å². The number of benzene rings is 1. The summed E-state index contributed by atoms with van der Waals surface area (Å²) in [4.78, 5) is 14.9. The van der Waals surface area contributed by atoms with Crippen LogP contribution in [-0.4, -0.2) is 15.1 Å². The lowest BCUT2D eigenvalue weighted by molar-refractivity contribution is 0.242. The summed E-state index contributed by atoms with van der Waals surface area (Å²) < 4.78 is 11.1. The lowest BCUT2D eigenvalue weighted by Gasteiger charge is -2.12. The molecule has 1 fully saturated rings. The van der Waals surface area contributed by atoms with Gasteiger partial charge < -0.3 is 8.83 Å². The van der Waals surface area contributed by atoms with E-state index in [2.05, 4.69) is 0 Å². The maximum absolute atomic E-state index is 12.3. The highest BCUT2D eigenvalue weighted by molar-refractivity contribution is 8.19. The monoisotopic (exact) mass is 435 g/mol. The lowest BCUT2D eigenvalue weighted by Crippen LogP contribution is -2.25. The van der Waals surface area contributed by atoms with Crippen molar-refractivity contribution in [3.8, 4) is 11.3 Å². The van der Waals surface area contributed by atoms with Crippen LogP contribution in [0.5, 0.6) is 0 Å². The van der Waals surface area contributed by atoms with Crippen molar-refractivity contribution in [1.29, 1.82) is 0 Å². The van der Waals surface area contributed by atoms with E-state index in [0.717, 1.165) is 17.3 Å². The Kier molecular flexibility index (Phi) is 5.14. The zero-order chi connectivity index (χ0) is 19.0. The highest BCUT2D eigenvalue weighted by Gasteiger charge is 2.32. The summed E-state index contributed by atoms with van der Waals surface area (Å²) >= 11 is 18.5. The molecule has 4 rings (SSSR count). The molecule has 3 heterocycles. The van der Waals surface area contributed by atoms with E-state index in [-0.39, 0.29) is 5.24 Å². The van der Waals surface area contributed by atoms with Crippen LogP contribution < -0.4 is 0 Å². The summed E-state index contributed by atoms with van der Waals surface area (Å²) in [7, 11) is 0. The molecule has 0 saturated carbocycles. The summed E-state index contributed by atoms with van der Waals surface area (Å²) in [6.45, 7) is 0.307. The Morgan fingerprint density at radius 1 is 1.15 bits per heavy atom. The van der Waals surface area contributed by atoms with Gasteiger partial charge in [-0.3, -0.25) is 9.69 Å². The Morgan fingerprint density at radius 3 is 2.74 bits per heavy atom. The third-order valence-corrected chi connectivity index (χ3v) is 6.11. The van der Waals surface area contributed by atoms with Gasteiger partial charge in [0.25, 0.3) is 5.24 Å². The van der Waals surface area contributed by atoms with Crippen LogP contribution >= 0.6 is 47.2 Å². The first-order chi connectivity index (χ1) is 13.0. The molecule has 1 aliphatic rings. The molecule has 0 bridgehead atoms. The van der Waals surface area contributed by atoms with Gasteiger partial charge in [0, 0.05) is 5.56 Å². The van der Waals surface area contributed by atoms with Gasteiger partial charge in [-0.25, -0.2) is 0 Å². The van der Waals surface area contributed by atoms with Crippen molar-refractivity contribution in [2.45, 2.75) is 6.54 Å². The fourth-order valence-corrected chi connectivity index (χ4v) is 4.07. The van der Waals surface area contributed by atoms with Gasteiger partial charge in [0.2, 0.25) is 0 Å². The number of amides is 1. The predicted molar refractivity (Wildman–Crippen MR) is 112 cm³/mol. The molecule has 136 valence electrons.